The Morgan fingerprint density at radius 1 is 1.39 bits per heavy atom. The number of nitrogens with one attached hydrogen (secondary N) is 1. The normalized spacial score (nSPS) is 18.8. The quantitative estimate of drug-likeness (QED) is 0.872. The highest BCUT2D eigenvalue weighted by atomic mass is 32.2. The molecule has 1 atom stereocenters. The van der Waals surface area contributed by atoms with Crippen LogP contribution in [-0.4, -0.2) is 32.5 Å². The van der Waals surface area contributed by atoms with Crippen LogP contribution in [0.5, 0.6) is 0 Å². The molecule has 1 N–H and O–H groups in total. The maximum atomic E-state index is 12.4. The predicted molar refractivity (Wildman–Crippen MR) is 72.7 cm³/mol. The molecule has 1 aliphatic rings. The molecule has 23 heavy (non-hydrogen) atoms. The summed E-state index contributed by atoms with van der Waals surface area (Å²) in [4.78, 5) is 14.9. The van der Waals surface area contributed by atoms with E-state index in [1.54, 1.807) is 4.72 Å². The van der Waals surface area contributed by atoms with Crippen molar-refractivity contribution in [2.24, 2.45) is 5.92 Å². The second-order valence-corrected chi connectivity index (χ2v) is 6.81. The van der Waals surface area contributed by atoms with Crippen LogP contribution in [0, 0.1) is 5.92 Å². The van der Waals surface area contributed by atoms with E-state index in [1.165, 1.54) is 0 Å². The van der Waals surface area contributed by atoms with Gasteiger partial charge in [-0.1, -0.05) is 0 Å². The van der Waals surface area contributed by atoms with Crippen molar-refractivity contribution in [3.8, 4) is 0 Å². The number of carbonyl (C=O) groups is 1. The minimum atomic E-state index is -4.61. The zero-order valence-electron chi connectivity index (χ0n) is 12.0. The Bertz CT molecular complexity index is 653. The van der Waals surface area contributed by atoms with E-state index in [9.17, 15) is 26.4 Å². The van der Waals surface area contributed by atoms with E-state index >= 15 is 0 Å². The molecule has 6 nitrogen and oxygen atoms in total. The summed E-state index contributed by atoms with van der Waals surface area (Å²) in [6.07, 6.45) is -2.90. The van der Waals surface area contributed by atoms with Crippen LogP contribution < -0.4 is 4.72 Å². The molecule has 0 radical (unpaired) electrons. The SMILES string of the molecule is O=C(CC[C@@H]1CCOC1)NS(=O)(=O)c1ccc(C(F)(F)F)cn1. The maximum absolute atomic E-state index is 12.4. The lowest BCUT2D eigenvalue weighted by atomic mass is 10.0. The van der Waals surface area contributed by atoms with Crippen LogP contribution in [0.25, 0.3) is 0 Å². The number of rotatable bonds is 5. The molecule has 0 saturated carbocycles. The molecule has 1 aliphatic heterocycles. The van der Waals surface area contributed by atoms with Gasteiger partial charge in [0.25, 0.3) is 10.0 Å². The Balaban J connectivity index is 1.96. The smallest absolute Gasteiger partial charge is 0.381 e. The number of pyridine rings is 1. The third-order valence-corrected chi connectivity index (χ3v) is 4.68. The molecule has 1 amide bonds. The molecule has 1 aromatic heterocycles. The number of ether oxygens (including phenoxy) is 1. The molecule has 10 heteroatoms. The molecule has 0 aromatic carbocycles. The Morgan fingerprint density at radius 2 is 2.13 bits per heavy atom. The average Bonchev–Trinajstić information content (AvgIpc) is 2.97. The van der Waals surface area contributed by atoms with Crippen LogP contribution in [-0.2, 0) is 25.7 Å². The monoisotopic (exact) mass is 352 g/mol. The van der Waals surface area contributed by atoms with Gasteiger partial charge < -0.3 is 4.74 Å². The standard InChI is InChI=1S/C13H15F3N2O4S/c14-13(15,16)10-2-4-12(17-7-10)23(20,21)18-11(19)3-1-9-5-6-22-8-9/h2,4,7,9H,1,3,5-6,8H2,(H,18,19)/t9-/m1/s1. The van der Waals surface area contributed by atoms with Crippen LogP contribution in [0.1, 0.15) is 24.8 Å². The van der Waals surface area contributed by atoms with Gasteiger partial charge in [0, 0.05) is 25.8 Å². The fraction of sp³-hybridized carbons (Fsp3) is 0.538. The van der Waals surface area contributed by atoms with Gasteiger partial charge in [0.15, 0.2) is 5.03 Å². The van der Waals surface area contributed by atoms with Crippen molar-refractivity contribution >= 4 is 15.9 Å². The molecular weight excluding hydrogens is 337 g/mol. The third-order valence-electron chi connectivity index (χ3n) is 3.39. The Kier molecular flexibility index (Phi) is 5.25. The van der Waals surface area contributed by atoms with Crippen molar-refractivity contribution in [3.63, 3.8) is 0 Å². The number of carbonyl (C=O) groups excluding carboxylic acids is 1. The molecule has 1 fully saturated rings. The van der Waals surface area contributed by atoms with Crippen molar-refractivity contribution in [3.05, 3.63) is 23.9 Å². The lowest BCUT2D eigenvalue weighted by Crippen LogP contribution is -2.31. The van der Waals surface area contributed by atoms with Crippen LogP contribution in [0.4, 0.5) is 13.2 Å². The topological polar surface area (TPSA) is 85.4 Å². The predicted octanol–water partition coefficient (Wildman–Crippen LogP) is 1.72. The van der Waals surface area contributed by atoms with Gasteiger partial charge in [-0.25, -0.2) is 9.71 Å². The summed E-state index contributed by atoms with van der Waals surface area (Å²) in [6.45, 7) is 1.17. The number of hydrogen-bond acceptors (Lipinski definition) is 5. The average molecular weight is 352 g/mol. The summed E-state index contributed by atoms with van der Waals surface area (Å²) in [5.41, 5.74) is -1.07. The molecule has 0 spiro atoms. The molecule has 0 bridgehead atoms. The molecule has 1 aromatic rings. The number of alkyl halides is 3. The minimum Gasteiger partial charge on any atom is -0.381 e. The highest BCUT2D eigenvalue weighted by molar-refractivity contribution is 7.90. The van der Waals surface area contributed by atoms with Gasteiger partial charge in [-0.3, -0.25) is 4.79 Å². The van der Waals surface area contributed by atoms with Gasteiger partial charge in [-0.15, -0.1) is 0 Å². The van der Waals surface area contributed by atoms with Crippen molar-refractivity contribution in [2.45, 2.75) is 30.5 Å². The zero-order valence-corrected chi connectivity index (χ0v) is 12.8. The third kappa shape index (κ3) is 4.90. The van der Waals surface area contributed by atoms with E-state index in [0.717, 1.165) is 6.42 Å². The van der Waals surface area contributed by atoms with Crippen LogP contribution in [0.3, 0.4) is 0 Å². The first-order valence-corrected chi connectivity index (χ1v) is 8.33. The van der Waals surface area contributed by atoms with Crippen molar-refractivity contribution in [1.29, 1.82) is 0 Å². The zero-order chi connectivity index (χ0) is 17.1. The van der Waals surface area contributed by atoms with Crippen LogP contribution in [0.2, 0.25) is 0 Å². The fourth-order valence-electron chi connectivity index (χ4n) is 2.11. The van der Waals surface area contributed by atoms with Gasteiger partial charge in [0.05, 0.1) is 5.56 Å². The van der Waals surface area contributed by atoms with E-state index in [2.05, 4.69) is 4.98 Å². The Labute approximate surface area is 131 Å². The number of hydrogen-bond donors (Lipinski definition) is 1. The van der Waals surface area contributed by atoms with E-state index in [-0.39, 0.29) is 12.3 Å². The van der Waals surface area contributed by atoms with E-state index in [0.29, 0.717) is 38.0 Å². The number of halogens is 3. The molecule has 128 valence electrons. The van der Waals surface area contributed by atoms with E-state index in [4.69, 9.17) is 4.74 Å². The lowest BCUT2D eigenvalue weighted by molar-refractivity contribution is -0.137. The lowest BCUT2D eigenvalue weighted by Gasteiger charge is -2.10. The number of aromatic nitrogens is 1. The van der Waals surface area contributed by atoms with Gasteiger partial charge >= 0.3 is 6.18 Å². The van der Waals surface area contributed by atoms with Gasteiger partial charge in [-0.2, -0.15) is 21.6 Å². The molecule has 0 aliphatic carbocycles. The minimum absolute atomic E-state index is 0.00606. The highest BCUT2D eigenvalue weighted by Crippen LogP contribution is 2.28. The molecular formula is C13H15F3N2O4S. The number of amides is 1. The molecule has 2 rings (SSSR count). The summed E-state index contributed by atoms with van der Waals surface area (Å²) in [6, 6.07) is 1.31. The molecule has 2 heterocycles. The maximum Gasteiger partial charge on any atom is 0.417 e. The largest absolute Gasteiger partial charge is 0.417 e. The van der Waals surface area contributed by atoms with E-state index in [1.807, 2.05) is 0 Å². The fourth-order valence-corrected chi connectivity index (χ4v) is 3.05. The summed E-state index contributed by atoms with van der Waals surface area (Å²) >= 11 is 0. The molecule has 1 saturated heterocycles. The van der Waals surface area contributed by atoms with Crippen molar-refractivity contribution < 1.29 is 31.1 Å². The summed E-state index contributed by atoms with van der Waals surface area (Å²) in [7, 11) is -4.28. The second-order valence-electron chi connectivity index (χ2n) is 5.18. The highest BCUT2D eigenvalue weighted by Gasteiger charge is 2.31. The van der Waals surface area contributed by atoms with Crippen molar-refractivity contribution in [2.75, 3.05) is 13.2 Å². The van der Waals surface area contributed by atoms with Gasteiger partial charge in [0.1, 0.15) is 0 Å². The second kappa shape index (κ2) is 6.83. The summed E-state index contributed by atoms with van der Waals surface area (Å²) in [5, 5.41) is -0.636. The van der Waals surface area contributed by atoms with Crippen LogP contribution >= 0.6 is 0 Å². The summed E-state index contributed by atoms with van der Waals surface area (Å²) < 4.78 is 68.0. The number of sulfonamides is 1. The first kappa shape index (κ1) is 17.7. The summed E-state index contributed by atoms with van der Waals surface area (Å²) in [5.74, 6) is -0.508. The first-order valence-electron chi connectivity index (χ1n) is 6.85. The Morgan fingerprint density at radius 3 is 2.65 bits per heavy atom. The first-order chi connectivity index (χ1) is 10.7. The van der Waals surface area contributed by atoms with Gasteiger partial charge in [-0.05, 0) is 30.9 Å². The van der Waals surface area contributed by atoms with Gasteiger partial charge in [0.2, 0.25) is 5.91 Å². The van der Waals surface area contributed by atoms with E-state index < -0.39 is 32.7 Å². The van der Waals surface area contributed by atoms with Crippen molar-refractivity contribution in [1.82, 2.24) is 9.71 Å². The van der Waals surface area contributed by atoms with Crippen LogP contribution in [0.15, 0.2) is 23.4 Å². The Hall–Kier alpha value is -1.68. The molecule has 0 unspecified atom stereocenters. The number of nitrogens with zero attached hydrogens (tertiary/aromatic N) is 1.